The highest BCUT2D eigenvalue weighted by Crippen LogP contribution is 2.13. The van der Waals surface area contributed by atoms with E-state index in [1.54, 1.807) is 17.1 Å². The van der Waals surface area contributed by atoms with E-state index in [1.807, 2.05) is 30.5 Å². The Bertz CT molecular complexity index is 826. The van der Waals surface area contributed by atoms with Gasteiger partial charge in [-0.25, -0.2) is 14.6 Å². The summed E-state index contributed by atoms with van der Waals surface area (Å²) in [6, 6.07) is 5.57. The van der Waals surface area contributed by atoms with Crippen LogP contribution in [0.2, 0.25) is 0 Å². The van der Waals surface area contributed by atoms with E-state index in [1.165, 1.54) is 11.3 Å². The number of thiazole rings is 1. The molecule has 0 aromatic carbocycles. The minimum Gasteiger partial charge on any atom is -0.375 e. The molecule has 7 nitrogen and oxygen atoms in total. The number of aromatic nitrogens is 4. The summed E-state index contributed by atoms with van der Waals surface area (Å²) in [5.74, 6) is 0.558. The van der Waals surface area contributed by atoms with Crippen LogP contribution < -0.4 is 11.1 Å². The largest absolute Gasteiger partial charge is 0.375 e. The number of amides is 1. The maximum atomic E-state index is 12.3. The molecule has 1 amide bonds. The number of hydrogen-bond acceptors (Lipinski definition) is 6. The Labute approximate surface area is 143 Å². The van der Waals surface area contributed by atoms with E-state index in [-0.39, 0.29) is 5.91 Å². The van der Waals surface area contributed by atoms with Crippen molar-refractivity contribution in [2.24, 2.45) is 0 Å². The average Bonchev–Trinajstić information content (AvgIpc) is 3.18. The fourth-order valence-electron chi connectivity index (χ4n) is 2.35. The number of nitrogens with one attached hydrogen (secondary N) is 1. The number of anilines is 1. The standard InChI is InChI=1S/C16H18N6OS/c1-11-13(9-20-22(11)14-6-2-3-7-18-14)15(23)19-8-4-5-12-10-24-16(17)21-12/h2-3,6-7,9-10H,4-5,8H2,1H3,(H2,17,21)(H,19,23). The third-order valence-electron chi connectivity index (χ3n) is 3.59. The van der Waals surface area contributed by atoms with Crippen molar-refractivity contribution < 1.29 is 4.79 Å². The monoisotopic (exact) mass is 342 g/mol. The molecule has 0 radical (unpaired) electrons. The van der Waals surface area contributed by atoms with Gasteiger partial charge >= 0.3 is 0 Å². The van der Waals surface area contributed by atoms with E-state index in [2.05, 4.69) is 20.4 Å². The van der Waals surface area contributed by atoms with Crippen molar-refractivity contribution in [1.82, 2.24) is 25.1 Å². The van der Waals surface area contributed by atoms with Crippen LogP contribution in [0.25, 0.3) is 5.82 Å². The third kappa shape index (κ3) is 3.60. The van der Waals surface area contributed by atoms with Gasteiger partial charge in [0.2, 0.25) is 0 Å². The molecule has 0 aliphatic carbocycles. The zero-order valence-electron chi connectivity index (χ0n) is 13.3. The number of nitrogen functional groups attached to an aromatic ring is 1. The number of aryl methyl sites for hydroxylation is 1. The summed E-state index contributed by atoms with van der Waals surface area (Å²) in [6.45, 7) is 2.43. The van der Waals surface area contributed by atoms with Crippen molar-refractivity contribution in [2.45, 2.75) is 19.8 Å². The Hall–Kier alpha value is -2.74. The highest BCUT2D eigenvalue weighted by Gasteiger charge is 2.15. The molecule has 3 N–H and O–H groups in total. The number of carbonyl (C=O) groups is 1. The smallest absolute Gasteiger partial charge is 0.254 e. The third-order valence-corrected chi connectivity index (χ3v) is 4.31. The molecule has 24 heavy (non-hydrogen) atoms. The van der Waals surface area contributed by atoms with Gasteiger partial charge in [-0.05, 0) is 31.9 Å². The van der Waals surface area contributed by atoms with Gasteiger partial charge in [-0.15, -0.1) is 11.3 Å². The Morgan fingerprint density at radius 2 is 2.29 bits per heavy atom. The Balaban J connectivity index is 1.56. The van der Waals surface area contributed by atoms with Gasteiger partial charge in [0, 0.05) is 18.1 Å². The average molecular weight is 342 g/mol. The normalized spacial score (nSPS) is 10.7. The maximum absolute atomic E-state index is 12.3. The van der Waals surface area contributed by atoms with E-state index >= 15 is 0 Å². The van der Waals surface area contributed by atoms with Gasteiger partial charge in [-0.2, -0.15) is 5.10 Å². The van der Waals surface area contributed by atoms with Gasteiger partial charge < -0.3 is 11.1 Å². The van der Waals surface area contributed by atoms with Gasteiger partial charge in [0.15, 0.2) is 10.9 Å². The lowest BCUT2D eigenvalue weighted by atomic mass is 10.2. The molecule has 3 aromatic heterocycles. The van der Waals surface area contributed by atoms with Gasteiger partial charge in [0.25, 0.3) is 5.91 Å². The number of nitrogens with two attached hydrogens (primary N) is 1. The van der Waals surface area contributed by atoms with Gasteiger partial charge in [0.05, 0.1) is 23.1 Å². The predicted octanol–water partition coefficient (Wildman–Crippen LogP) is 1.98. The molecule has 0 spiro atoms. The fourth-order valence-corrected chi connectivity index (χ4v) is 2.94. The summed E-state index contributed by atoms with van der Waals surface area (Å²) in [5.41, 5.74) is 7.88. The number of hydrogen-bond donors (Lipinski definition) is 2. The highest BCUT2D eigenvalue weighted by atomic mass is 32.1. The summed E-state index contributed by atoms with van der Waals surface area (Å²) in [6.07, 6.45) is 4.87. The van der Waals surface area contributed by atoms with Crippen LogP contribution in [0.1, 0.15) is 28.2 Å². The topological polar surface area (TPSA) is 98.7 Å². The summed E-state index contributed by atoms with van der Waals surface area (Å²) in [4.78, 5) is 20.8. The second-order valence-electron chi connectivity index (χ2n) is 5.28. The first kappa shape index (κ1) is 16.1. The minimum atomic E-state index is -0.132. The lowest BCUT2D eigenvalue weighted by molar-refractivity contribution is 0.0952. The first-order valence-corrected chi connectivity index (χ1v) is 8.47. The van der Waals surface area contributed by atoms with Crippen molar-refractivity contribution in [3.8, 4) is 5.82 Å². The molecule has 3 rings (SSSR count). The van der Waals surface area contributed by atoms with Crippen molar-refractivity contribution in [3.63, 3.8) is 0 Å². The van der Waals surface area contributed by atoms with Crippen LogP contribution in [0.5, 0.6) is 0 Å². The number of carbonyl (C=O) groups excluding carboxylic acids is 1. The van der Waals surface area contributed by atoms with Gasteiger partial charge in [0.1, 0.15) is 0 Å². The number of nitrogens with zero attached hydrogens (tertiary/aromatic N) is 4. The van der Waals surface area contributed by atoms with Crippen LogP contribution >= 0.6 is 11.3 Å². The first-order chi connectivity index (χ1) is 11.6. The molecule has 0 saturated heterocycles. The van der Waals surface area contributed by atoms with E-state index < -0.39 is 0 Å². The number of rotatable bonds is 6. The van der Waals surface area contributed by atoms with Gasteiger partial charge in [-0.3, -0.25) is 4.79 Å². The molecule has 0 atom stereocenters. The molecule has 8 heteroatoms. The van der Waals surface area contributed by atoms with Crippen molar-refractivity contribution >= 4 is 22.4 Å². The molecule has 0 bridgehead atoms. The van der Waals surface area contributed by atoms with Crippen LogP contribution in [0, 0.1) is 6.92 Å². The zero-order chi connectivity index (χ0) is 16.9. The Morgan fingerprint density at radius 3 is 3.00 bits per heavy atom. The zero-order valence-corrected chi connectivity index (χ0v) is 14.1. The lowest BCUT2D eigenvalue weighted by Gasteiger charge is -2.05. The maximum Gasteiger partial charge on any atom is 0.254 e. The highest BCUT2D eigenvalue weighted by molar-refractivity contribution is 7.13. The summed E-state index contributed by atoms with van der Waals surface area (Å²) in [5, 5.41) is 9.69. The molecule has 124 valence electrons. The second kappa shape index (κ2) is 7.22. The Morgan fingerprint density at radius 1 is 1.42 bits per heavy atom. The van der Waals surface area contributed by atoms with Gasteiger partial charge in [-0.1, -0.05) is 6.07 Å². The number of pyridine rings is 1. The molecule has 3 aromatic rings. The summed E-state index contributed by atoms with van der Waals surface area (Å²) >= 11 is 1.43. The van der Waals surface area contributed by atoms with Crippen LogP contribution in [-0.4, -0.2) is 32.2 Å². The van der Waals surface area contributed by atoms with Crippen LogP contribution in [0.3, 0.4) is 0 Å². The summed E-state index contributed by atoms with van der Waals surface area (Å²) in [7, 11) is 0. The fraction of sp³-hybridized carbons (Fsp3) is 0.250. The second-order valence-corrected chi connectivity index (χ2v) is 6.17. The van der Waals surface area contributed by atoms with E-state index in [9.17, 15) is 4.79 Å². The lowest BCUT2D eigenvalue weighted by Crippen LogP contribution is -2.25. The molecule has 0 fully saturated rings. The van der Waals surface area contributed by atoms with Crippen LogP contribution in [-0.2, 0) is 6.42 Å². The molecule has 0 aliphatic rings. The first-order valence-electron chi connectivity index (χ1n) is 7.59. The van der Waals surface area contributed by atoms with Crippen LogP contribution in [0.4, 0.5) is 5.13 Å². The summed E-state index contributed by atoms with van der Waals surface area (Å²) < 4.78 is 1.66. The molecular weight excluding hydrogens is 324 g/mol. The van der Waals surface area contributed by atoms with E-state index in [0.29, 0.717) is 23.1 Å². The minimum absolute atomic E-state index is 0.132. The molecule has 0 unspecified atom stereocenters. The quantitative estimate of drug-likeness (QED) is 0.667. The SMILES string of the molecule is Cc1c(C(=O)NCCCc2csc(N)n2)cnn1-c1ccccn1. The van der Waals surface area contributed by atoms with E-state index in [0.717, 1.165) is 24.2 Å². The Kier molecular flexibility index (Phi) is 4.85. The van der Waals surface area contributed by atoms with Crippen molar-refractivity contribution in [2.75, 3.05) is 12.3 Å². The van der Waals surface area contributed by atoms with Crippen molar-refractivity contribution in [3.05, 3.63) is 52.9 Å². The van der Waals surface area contributed by atoms with Crippen LogP contribution in [0.15, 0.2) is 36.0 Å². The molecule has 0 saturated carbocycles. The molecule has 0 aliphatic heterocycles. The predicted molar refractivity (Wildman–Crippen MR) is 93.3 cm³/mol. The molecular formula is C16H18N6OS. The van der Waals surface area contributed by atoms with Crippen molar-refractivity contribution in [1.29, 1.82) is 0 Å². The molecule has 3 heterocycles. The van der Waals surface area contributed by atoms with E-state index in [4.69, 9.17) is 5.73 Å².